The quantitative estimate of drug-likeness (QED) is 0.463. The first kappa shape index (κ1) is 18.7. The van der Waals surface area contributed by atoms with Gasteiger partial charge in [-0.05, 0) is 25.2 Å². The Labute approximate surface area is 151 Å². The van der Waals surface area contributed by atoms with Gasteiger partial charge in [0.2, 0.25) is 0 Å². The lowest BCUT2D eigenvalue weighted by molar-refractivity contribution is -0.183. The van der Waals surface area contributed by atoms with Crippen LogP contribution in [0.3, 0.4) is 0 Å². The second-order valence-corrected chi connectivity index (χ2v) is 7.65. The fourth-order valence-corrected chi connectivity index (χ4v) is 3.81. The minimum Gasteiger partial charge on any atom is -0.465 e. The number of ether oxygens (including phenoxy) is 4. The maximum atomic E-state index is 13.1. The van der Waals surface area contributed by atoms with Crippen LogP contribution in [0.5, 0.6) is 0 Å². The zero-order valence-electron chi connectivity index (χ0n) is 14.9. The lowest BCUT2D eigenvalue weighted by Gasteiger charge is -2.40. The van der Waals surface area contributed by atoms with Gasteiger partial charge in [0, 0.05) is 19.3 Å². The van der Waals surface area contributed by atoms with E-state index >= 15 is 0 Å². The summed E-state index contributed by atoms with van der Waals surface area (Å²) in [5.74, 6) is -1.92. The third-order valence-electron chi connectivity index (χ3n) is 5.81. The molecule has 0 aromatic carbocycles. The minimum absolute atomic E-state index is 0.0549. The van der Waals surface area contributed by atoms with Crippen molar-refractivity contribution in [2.24, 2.45) is 16.7 Å². The van der Waals surface area contributed by atoms with Crippen molar-refractivity contribution >= 4 is 23.9 Å². The third kappa shape index (κ3) is 3.68. The van der Waals surface area contributed by atoms with E-state index in [1.165, 1.54) is 0 Å². The smallest absolute Gasteiger partial charge is 0.312 e. The normalized spacial score (nSPS) is 36.6. The average molecular weight is 368 g/mol. The Kier molecular flexibility index (Phi) is 5.20. The lowest BCUT2D eigenvalue weighted by Crippen LogP contribution is -2.48. The highest BCUT2D eigenvalue weighted by atomic mass is 16.6. The van der Waals surface area contributed by atoms with E-state index in [-0.39, 0.29) is 70.4 Å². The van der Waals surface area contributed by atoms with Crippen molar-refractivity contribution in [3.8, 4) is 0 Å². The monoisotopic (exact) mass is 368 g/mol. The van der Waals surface area contributed by atoms with E-state index in [4.69, 9.17) is 18.9 Å². The maximum Gasteiger partial charge on any atom is 0.312 e. The van der Waals surface area contributed by atoms with Crippen LogP contribution in [0.2, 0.25) is 0 Å². The van der Waals surface area contributed by atoms with E-state index in [1.54, 1.807) is 0 Å². The molecule has 3 aliphatic heterocycles. The molecule has 8 nitrogen and oxygen atoms in total. The molecule has 3 aliphatic rings. The highest BCUT2D eigenvalue weighted by Crippen LogP contribution is 2.44. The zero-order valence-corrected chi connectivity index (χ0v) is 14.9. The Hall–Kier alpha value is -2.12. The molecule has 0 spiro atoms. The molecule has 8 heteroatoms. The number of cyclic esters (lactones) is 3. The van der Waals surface area contributed by atoms with E-state index in [9.17, 15) is 19.2 Å². The SMILES string of the molecule is CC1CCC(=O)OCC23COC(=O)CCC1(CCC(=O)OC2)C(=O)OC3. The molecule has 0 aromatic rings. The summed E-state index contributed by atoms with van der Waals surface area (Å²) in [6.45, 7) is 1.24. The standard InChI is InChI=1S/C18H24O8/c1-12-2-3-13(19)23-8-17-9-24-14(20)4-6-18(12,16(22)26-11-17)7-5-15(21)25-10-17/h12H,2-11H2,1H3. The van der Waals surface area contributed by atoms with E-state index in [1.807, 2.05) is 6.92 Å². The number of carbonyl (C=O) groups excluding carboxylic acids is 4. The van der Waals surface area contributed by atoms with Crippen molar-refractivity contribution in [3.05, 3.63) is 0 Å². The van der Waals surface area contributed by atoms with Gasteiger partial charge in [-0.3, -0.25) is 19.2 Å². The van der Waals surface area contributed by atoms with Crippen LogP contribution < -0.4 is 0 Å². The maximum absolute atomic E-state index is 13.1. The van der Waals surface area contributed by atoms with Gasteiger partial charge in [0.05, 0.1) is 5.41 Å². The number of hydrogen-bond donors (Lipinski definition) is 0. The summed E-state index contributed by atoms with van der Waals surface area (Å²) in [5.41, 5.74) is -2.13. The number of carbonyl (C=O) groups is 4. The first-order valence-electron chi connectivity index (χ1n) is 8.99. The first-order valence-corrected chi connectivity index (χ1v) is 8.99. The molecule has 3 saturated heterocycles. The molecular weight excluding hydrogens is 344 g/mol. The molecule has 1 unspecified atom stereocenters. The molecule has 144 valence electrons. The summed E-state index contributed by atoms with van der Waals surface area (Å²) < 4.78 is 21.6. The summed E-state index contributed by atoms with van der Waals surface area (Å²) in [5, 5.41) is 0. The van der Waals surface area contributed by atoms with E-state index < -0.39 is 28.7 Å². The Bertz CT molecular complexity index is 586. The topological polar surface area (TPSA) is 105 Å². The summed E-state index contributed by atoms with van der Waals surface area (Å²) in [7, 11) is 0. The van der Waals surface area contributed by atoms with Crippen LogP contribution in [0.25, 0.3) is 0 Å². The molecule has 3 rings (SSSR count). The van der Waals surface area contributed by atoms with Crippen LogP contribution >= 0.6 is 0 Å². The van der Waals surface area contributed by atoms with Gasteiger partial charge < -0.3 is 18.9 Å². The summed E-state index contributed by atoms with van der Waals surface area (Å²) >= 11 is 0. The van der Waals surface area contributed by atoms with Crippen LogP contribution in [-0.4, -0.2) is 50.3 Å². The second kappa shape index (κ2) is 7.25. The highest BCUT2D eigenvalue weighted by Gasteiger charge is 2.49. The highest BCUT2D eigenvalue weighted by molar-refractivity contribution is 5.80. The zero-order chi connectivity index (χ0) is 18.8. The Morgan fingerprint density at radius 3 is 1.73 bits per heavy atom. The Balaban J connectivity index is 2.10. The van der Waals surface area contributed by atoms with Gasteiger partial charge in [0.15, 0.2) is 0 Å². The largest absolute Gasteiger partial charge is 0.465 e. The Morgan fingerprint density at radius 1 is 0.731 bits per heavy atom. The minimum atomic E-state index is -1.09. The van der Waals surface area contributed by atoms with Crippen molar-refractivity contribution in [1.29, 1.82) is 0 Å². The van der Waals surface area contributed by atoms with E-state index in [2.05, 4.69) is 0 Å². The predicted molar refractivity (Wildman–Crippen MR) is 85.6 cm³/mol. The predicted octanol–water partition coefficient (Wildman–Crippen LogP) is 1.15. The molecule has 0 radical (unpaired) electrons. The van der Waals surface area contributed by atoms with Crippen molar-refractivity contribution in [1.82, 2.24) is 0 Å². The van der Waals surface area contributed by atoms with Crippen molar-refractivity contribution in [3.63, 3.8) is 0 Å². The summed E-state index contributed by atoms with van der Waals surface area (Å²) in [6.07, 6.45) is 1.10. The molecule has 0 saturated carbocycles. The van der Waals surface area contributed by atoms with Crippen molar-refractivity contribution in [2.75, 3.05) is 26.4 Å². The molecular formula is C18H24O8. The third-order valence-corrected chi connectivity index (χ3v) is 5.81. The van der Waals surface area contributed by atoms with E-state index in [0.29, 0.717) is 6.42 Å². The number of rotatable bonds is 0. The lowest BCUT2D eigenvalue weighted by atomic mass is 9.68. The van der Waals surface area contributed by atoms with Crippen LogP contribution in [-0.2, 0) is 38.1 Å². The molecule has 3 fully saturated rings. The molecule has 0 aromatic heterocycles. The van der Waals surface area contributed by atoms with Crippen molar-refractivity contribution < 1.29 is 38.1 Å². The average Bonchev–Trinajstić information content (AvgIpc) is 2.63. The molecule has 2 bridgehead atoms. The fraction of sp³-hybridized carbons (Fsp3) is 0.778. The van der Waals surface area contributed by atoms with Crippen molar-refractivity contribution in [2.45, 2.75) is 45.4 Å². The van der Waals surface area contributed by atoms with Gasteiger partial charge in [0.25, 0.3) is 0 Å². The van der Waals surface area contributed by atoms with Gasteiger partial charge in [0.1, 0.15) is 31.8 Å². The van der Waals surface area contributed by atoms with Crippen LogP contribution in [0.1, 0.15) is 45.4 Å². The Morgan fingerprint density at radius 2 is 1.19 bits per heavy atom. The second-order valence-electron chi connectivity index (χ2n) is 7.65. The number of hydrogen-bond acceptors (Lipinski definition) is 8. The molecule has 1 atom stereocenters. The number of esters is 4. The van der Waals surface area contributed by atoms with Crippen LogP contribution in [0.4, 0.5) is 0 Å². The molecule has 0 N–H and O–H groups in total. The first-order chi connectivity index (χ1) is 12.4. The van der Waals surface area contributed by atoms with Gasteiger partial charge in [-0.2, -0.15) is 0 Å². The van der Waals surface area contributed by atoms with Gasteiger partial charge >= 0.3 is 23.9 Å². The van der Waals surface area contributed by atoms with Gasteiger partial charge in [-0.1, -0.05) is 6.92 Å². The molecule has 0 amide bonds. The van der Waals surface area contributed by atoms with Gasteiger partial charge in [-0.15, -0.1) is 0 Å². The summed E-state index contributed by atoms with van der Waals surface area (Å²) in [6, 6.07) is 0. The van der Waals surface area contributed by atoms with E-state index in [0.717, 1.165) is 0 Å². The fourth-order valence-electron chi connectivity index (χ4n) is 3.81. The van der Waals surface area contributed by atoms with Gasteiger partial charge in [-0.25, -0.2) is 0 Å². The van der Waals surface area contributed by atoms with Crippen LogP contribution in [0.15, 0.2) is 0 Å². The van der Waals surface area contributed by atoms with Crippen LogP contribution in [0, 0.1) is 16.7 Å². The molecule has 3 heterocycles. The molecule has 26 heavy (non-hydrogen) atoms. The summed E-state index contributed by atoms with van der Waals surface area (Å²) in [4.78, 5) is 49.6. The molecule has 0 aliphatic carbocycles.